The number of fused-ring (bicyclic) bond motifs is 1. The molecule has 0 saturated heterocycles. The van der Waals surface area contributed by atoms with Crippen LogP contribution in [-0.4, -0.2) is 26.5 Å². The molecular weight excluding hydrogens is 480 g/mol. The second-order valence-corrected chi connectivity index (χ2v) is 9.40. The number of unbranched alkanes of at least 4 members (excludes halogenated alkanes) is 1. The summed E-state index contributed by atoms with van der Waals surface area (Å²) in [6.45, 7) is 5.67. The first-order chi connectivity index (χ1) is 15.8. The van der Waals surface area contributed by atoms with E-state index in [9.17, 15) is 4.79 Å². The third-order valence-electron chi connectivity index (χ3n) is 5.36. The number of carbonyl (C=O) groups excluding carboxylic acids is 1. The molecule has 0 atom stereocenters. The van der Waals surface area contributed by atoms with E-state index in [-0.39, 0.29) is 5.91 Å². The molecule has 0 unspecified atom stereocenters. The average Bonchev–Trinajstić information content (AvgIpc) is 3.23. The predicted molar refractivity (Wildman–Crippen MR) is 135 cm³/mol. The van der Waals surface area contributed by atoms with Gasteiger partial charge < -0.3 is 10.1 Å². The quantitative estimate of drug-likeness (QED) is 0.303. The summed E-state index contributed by atoms with van der Waals surface area (Å²) in [7, 11) is 0. The van der Waals surface area contributed by atoms with Crippen LogP contribution in [-0.2, 0) is 11.2 Å². The Labute approximate surface area is 202 Å². The Morgan fingerprint density at radius 3 is 2.39 bits per heavy atom. The van der Waals surface area contributed by atoms with Crippen molar-refractivity contribution in [2.24, 2.45) is 0 Å². The number of hydrogen-bond donors (Lipinski definition) is 1. The number of aromatic nitrogens is 3. The molecule has 0 radical (unpaired) electrons. The number of hydrogen-bond acceptors (Lipinski definition) is 4. The Kier molecular flexibility index (Phi) is 6.79. The lowest BCUT2D eigenvalue weighted by molar-refractivity contribution is -0.128. The summed E-state index contributed by atoms with van der Waals surface area (Å²) in [6.07, 6.45) is 3.44. The van der Waals surface area contributed by atoms with Crippen molar-refractivity contribution in [3.8, 4) is 11.4 Å². The number of ether oxygens (including phenoxy) is 1. The minimum absolute atomic E-state index is 0.250. The summed E-state index contributed by atoms with van der Waals surface area (Å²) >= 11 is 3.40. The molecule has 1 N–H and O–H groups in total. The van der Waals surface area contributed by atoms with Crippen LogP contribution in [0.2, 0.25) is 0 Å². The molecule has 0 fully saturated rings. The minimum atomic E-state index is -1.06. The number of aryl methyl sites for hydroxylation is 1. The lowest BCUT2D eigenvalue weighted by atomic mass is 10.1. The van der Waals surface area contributed by atoms with Gasteiger partial charge in [0.2, 0.25) is 0 Å². The van der Waals surface area contributed by atoms with Gasteiger partial charge in [-0.15, -0.1) is 10.2 Å². The fourth-order valence-corrected chi connectivity index (χ4v) is 3.67. The van der Waals surface area contributed by atoms with Crippen molar-refractivity contribution in [1.82, 2.24) is 15.0 Å². The second-order valence-electron chi connectivity index (χ2n) is 8.48. The number of benzene rings is 3. The molecule has 6 nitrogen and oxygen atoms in total. The molecule has 0 aliphatic rings. The maximum atomic E-state index is 12.9. The number of amides is 1. The molecule has 0 aliphatic carbocycles. The molecule has 1 amide bonds. The highest BCUT2D eigenvalue weighted by molar-refractivity contribution is 9.10. The van der Waals surface area contributed by atoms with Gasteiger partial charge in [0.1, 0.15) is 16.8 Å². The van der Waals surface area contributed by atoms with Gasteiger partial charge in [-0.2, -0.15) is 4.80 Å². The van der Waals surface area contributed by atoms with E-state index in [1.54, 1.807) is 18.6 Å². The zero-order valence-electron chi connectivity index (χ0n) is 19.0. The topological polar surface area (TPSA) is 69.0 Å². The van der Waals surface area contributed by atoms with Crippen LogP contribution in [0.3, 0.4) is 0 Å². The monoisotopic (exact) mass is 506 g/mol. The van der Waals surface area contributed by atoms with Crippen LogP contribution in [0.15, 0.2) is 71.2 Å². The molecule has 0 saturated carbocycles. The first kappa shape index (κ1) is 23.0. The molecule has 170 valence electrons. The average molecular weight is 507 g/mol. The molecule has 0 spiro atoms. The first-order valence-corrected chi connectivity index (χ1v) is 11.9. The van der Waals surface area contributed by atoms with E-state index in [2.05, 4.69) is 50.5 Å². The van der Waals surface area contributed by atoms with Crippen molar-refractivity contribution in [2.45, 2.75) is 45.6 Å². The SMILES string of the molecule is CCCCc1ccc(-n2nc3ccc(NC(=O)C(C)(C)Oc4ccc(Br)cc4)cc3n2)cc1. The Balaban J connectivity index is 1.47. The molecule has 3 aromatic carbocycles. The summed E-state index contributed by atoms with van der Waals surface area (Å²) in [6, 6.07) is 21.2. The first-order valence-electron chi connectivity index (χ1n) is 11.1. The maximum Gasteiger partial charge on any atom is 0.267 e. The van der Waals surface area contributed by atoms with E-state index in [0.29, 0.717) is 17.0 Å². The molecule has 7 heteroatoms. The van der Waals surface area contributed by atoms with E-state index in [4.69, 9.17) is 4.74 Å². The van der Waals surface area contributed by atoms with Crippen LogP contribution in [0, 0.1) is 0 Å². The predicted octanol–water partition coefficient (Wildman–Crippen LogP) is 6.32. The van der Waals surface area contributed by atoms with Crippen LogP contribution in [0.1, 0.15) is 39.2 Å². The van der Waals surface area contributed by atoms with Gasteiger partial charge in [-0.1, -0.05) is 41.4 Å². The molecule has 4 aromatic rings. The van der Waals surface area contributed by atoms with Gasteiger partial charge in [0.15, 0.2) is 5.60 Å². The molecule has 0 aliphatic heterocycles. The van der Waals surface area contributed by atoms with Gasteiger partial charge in [0, 0.05) is 10.2 Å². The Bertz CT molecular complexity index is 1250. The molecule has 33 heavy (non-hydrogen) atoms. The van der Waals surface area contributed by atoms with Crippen LogP contribution in [0.5, 0.6) is 5.75 Å². The smallest absolute Gasteiger partial charge is 0.267 e. The van der Waals surface area contributed by atoms with Gasteiger partial charge in [0.05, 0.1) is 5.69 Å². The van der Waals surface area contributed by atoms with Gasteiger partial charge in [-0.25, -0.2) is 0 Å². The van der Waals surface area contributed by atoms with Crippen molar-refractivity contribution in [2.75, 3.05) is 5.32 Å². The highest BCUT2D eigenvalue weighted by atomic mass is 79.9. The van der Waals surface area contributed by atoms with Crippen molar-refractivity contribution in [1.29, 1.82) is 0 Å². The van der Waals surface area contributed by atoms with Crippen molar-refractivity contribution >= 4 is 38.6 Å². The minimum Gasteiger partial charge on any atom is -0.478 e. The van der Waals surface area contributed by atoms with Crippen LogP contribution < -0.4 is 10.1 Å². The lowest BCUT2D eigenvalue weighted by Crippen LogP contribution is -2.42. The number of halogens is 1. The van der Waals surface area contributed by atoms with Gasteiger partial charge >= 0.3 is 0 Å². The molecule has 4 rings (SSSR count). The fraction of sp³-hybridized carbons (Fsp3) is 0.269. The summed E-state index contributed by atoms with van der Waals surface area (Å²) in [5.74, 6) is 0.372. The standard InChI is InChI=1S/C26H27BrN4O2/c1-4-5-6-18-7-12-21(13-8-18)31-29-23-16-11-20(17-24(23)30-31)28-25(32)26(2,3)33-22-14-9-19(27)10-15-22/h7-17H,4-6H2,1-3H3,(H,28,32). The number of nitrogens with one attached hydrogen (secondary N) is 1. The summed E-state index contributed by atoms with van der Waals surface area (Å²) in [5.41, 5.74) is 3.26. The normalized spacial score (nSPS) is 11.5. The van der Waals surface area contributed by atoms with Gasteiger partial charge in [0.25, 0.3) is 5.91 Å². The number of anilines is 1. The van der Waals surface area contributed by atoms with E-state index in [0.717, 1.165) is 22.1 Å². The third-order valence-corrected chi connectivity index (χ3v) is 5.89. The summed E-state index contributed by atoms with van der Waals surface area (Å²) < 4.78 is 6.86. The van der Waals surface area contributed by atoms with E-state index in [1.165, 1.54) is 18.4 Å². The highest BCUT2D eigenvalue weighted by Crippen LogP contribution is 2.23. The van der Waals surface area contributed by atoms with Crippen LogP contribution in [0.4, 0.5) is 5.69 Å². The van der Waals surface area contributed by atoms with Gasteiger partial charge in [-0.3, -0.25) is 4.79 Å². The highest BCUT2D eigenvalue weighted by Gasteiger charge is 2.30. The van der Waals surface area contributed by atoms with Crippen molar-refractivity contribution < 1.29 is 9.53 Å². The molecule has 0 bridgehead atoms. The van der Waals surface area contributed by atoms with E-state index >= 15 is 0 Å². The van der Waals surface area contributed by atoms with Crippen LogP contribution in [0.25, 0.3) is 16.7 Å². The fourth-order valence-electron chi connectivity index (χ4n) is 3.41. The zero-order valence-corrected chi connectivity index (χ0v) is 20.6. The third kappa shape index (κ3) is 5.60. The Morgan fingerprint density at radius 1 is 1.00 bits per heavy atom. The summed E-state index contributed by atoms with van der Waals surface area (Å²) in [5, 5.41) is 12.1. The second kappa shape index (κ2) is 9.75. The molecule has 1 aromatic heterocycles. The Hall–Kier alpha value is -3.19. The number of carbonyl (C=O) groups is 1. The summed E-state index contributed by atoms with van der Waals surface area (Å²) in [4.78, 5) is 14.5. The molecule has 1 heterocycles. The van der Waals surface area contributed by atoms with E-state index < -0.39 is 5.60 Å². The van der Waals surface area contributed by atoms with Gasteiger partial charge in [-0.05, 0) is 86.8 Å². The maximum absolute atomic E-state index is 12.9. The zero-order chi connectivity index (χ0) is 23.4. The number of rotatable bonds is 8. The van der Waals surface area contributed by atoms with Crippen molar-refractivity contribution in [3.05, 3.63) is 76.8 Å². The Morgan fingerprint density at radius 2 is 1.70 bits per heavy atom. The number of nitrogens with zero attached hydrogens (tertiary/aromatic N) is 3. The lowest BCUT2D eigenvalue weighted by Gasteiger charge is -2.25. The van der Waals surface area contributed by atoms with Crippen molar-refractivity contribution in [3.63, 3.8) is 0 Å². The molecular formula is C26H27BrN4O2. The van der Waals surface area contributed by atoms with Crippen LogP contribution >= 0.6 is 15.9 Å². The van der Waals surface area contributed by atoms with E-state index in [1.807, 2.05) is 54.6 Å². The largest absolute Gasteiger partial charge is 0.478 e.